The van der Waals surface area contributed by atoms with Crippen LogP contribution in [0.4, 0.5) is 8.78 Å². The third-order valence-corrected chi connectivity index (χ3v) is 8.38. The Bertz CT molecular complexity index is 1240. The van der Waals surface area contributed by atoms with E-state index in [0.29, 0.717) is 11.5 Å². The van der Waals surface area contributed by atoms with Gasteiger partial charge in [-0.2, -0.15) is 0 Å². The molecule has 1 aromatic rings. The van der Waals surface area contributed by atoms with Crippen molar-refractivity contribution in [1.82, 2.24) is 15.1 Å². The average molecular weight is 493 g/mol. The van der Waals surface area contributed by atoms with Crippen molar-refractivity contribution < 1.29 is 13.6 Å². The summed E-state index contributed by atoms with van der Waals surface area (Å²) in [6.07, 6.45) is 7.51. The molecule has 3 N–H and O–H groups in total. The average Bonchev–Trinajstić information content (AvgIpc) is 3.58. The number of nitrogens with one attached hydrogen (secondary N) is 1. The SMILES string of the molecule is C=C1C(C(=O)NCc2ccc(F)cc2F)=C2C(N)CC3CN(CCC)C(=C4CC4)C(=C1C1CCC1)N23. The molecule has 5 nitrogen and oxygen atoms in total. The molecule has 1 aromatic carbocycles. The molecule has 6 rings (SSSR count). The number of benzene rings is 1. The molecule has 0 aromatic heterocycles. The molecule has 2 atom stereocenters. The summed E-state index contributed by atoms with van der Waals surface area (Å²) < 4.78 is 27.6. The molecule has 0 radical (unpaired) electrons. The van der Waals surface area contributed by atoms with Crippen LogP contribution in [0.3, 0.4) is 0 Å². The second-order valence-corrected chi connectivity index (χ2v) is 10.8. The van der Waals surface area contributed by atoms with E-state index in [0.717, 1.165) is 69.0 Å². The fraction of sp³-hybridized carbons (Fsp3) is 0.483. The molecule has 3 aliphatic heterocycles. The molecule has 2 unspecified atom stereocenters. The number of halogens is 2. The second-order valence-electron chi connectivity index (χ2n) is 10.8. The summed E-state index contributed by atoms with van der Waals surface area (Å²) in [5.41, 5.74) is 14.5. The molecule has 4 fully saturated rings. The van der Waals surface area contributed by atoms with E-state index in [2.05, 4.69) is 28.6 Å². The number of piperazine rings is 1. The first-order chi connectivity index (χ1) is 17.4. The number of carbonyl (C=O) groups excluding carboxylic acids is 1. The summed E-state index contributed by atoms with van der Waals surface area (Å²) in [7, 11) is 0. The van der Waals surface area contributed by atoms with Crippen LogP contribution in [-0.2, 0) is 11.3 Å². The molecule has 2 aliphatic carbocycles. The van der Waals surface area contributed by atoms with E-state index in [1.54, 1.807) is 0 Å². The highest BCUT2D eigenvalue weighted by Crippen LogP contribution is 2.54. The van der Waals surface area contributed by atoms with Gasteiger partial charge in [-0.25, -0.2) is 8.78 Å². The van der Waals surface area contributed by atoms with E-state index in [-0.39, 0.29) is 30.1 Å². The topological polar surface area (TPSA) is 61.6 Å². The van der Waals surface area contributed by atoms with Gasteiger partial charge in [0.2, 0.25) is 0 Å². The van der Waals surface area contributed by atoms with Crippen molar-refractivity contribution in [3.63, 3.8) is 0 Å². The van der Waals surface area contributed by atoms with Crippen molar-refractivity contribution in [2.75, 3.05) is 13.1 Å². The van der Waals surface area contributed by atoms with Crippen molar-refractivity contribution in [2.45, 2.75) is 70.5 Å². The number of amides is 1. The summed E-state index contributed by atoms with van der Waals surface area (Å²) >= 11 is 0. The Kier molecular flexibility index (Phi) is 5.78. The van der Waals surface area contributed by atoms with Gasteiger partial charge in [0.1, 0.15) is 11.6 Å². The summed E-state index contributed by atoms with van der Waals surface area (Å²) in [4.78, 5) is 18.6. The molecular weight excluding hydrogens is 458 g/mol. The highest BCUT2D eigenvalue weighted by atomic mass is 19.1. The Morgan fingerprint density at radius 3 is 2.64 bits per heavy atom. The first-order valence-corrected chi connectivity index (χ1v) is 13.3. The number of carbonyl (C=O) groups is 1. The minimum atomic E-state index is -0.668. The fourth-order valence-electron chi connectivity index (χ4n) is 6.43. The van der Waals surface area contributed by atoms with Crippen LogP contribution in [0.15, 0.2) is 64.2 Å². The molecular formula is C29H34F2N4O. The normalized spacial score (nSPS) is 25.5. The van der Waals surface area contributed by atoms with E-state index in [1.807, 2.05) is 0 Å². The minimum Gasteiger partial charge on any atom is -0.368 e. The van der Waals surface area contributed by atoms with Crippen molar-refractivity contribution >= 4 is 5.91 Å². The van der Waals surface area contributed by atoms with Crippen LogP contribution >= 0.6 is 0 Å². The highest BCUT2D eigenvalue weighted by Gasteiger charge is 2.51. The smallest absolute Gasteiger partial charge is 0.253 e. The third-order valence-electron chi connectivity index (χ3n) is 8.38. The van der Waals surface area contributed by atoms with Gasteiger partial charge in [-0.1, -0.05) is 26.0 Å². The molecule has 3 heterocycles. The Morgan fingerprint density at radius 2 is 2.00 bits per heavy atom. The maximum absolute atomic E-state index is 14.2. The van der Waals surface area contributed by atoms with Gasteiger partial charge in [0.15, 0.2) is 0 Å². The lowest BCUT2D eigenvalue weighted by molar-refractivity contribution is -0.117. The van der Waals surface area contributed by atoms with Crippen LogP contribution in [0.25, 0.3) is 0 Å². The zero-order valence-corrected chi connectivity index (χ0v) is 20.9. The number of allylic oxidation sites excluding steroid dienone is 2. The molecule has 2 saturated carbocycles. The van der Waals surface area contributed by atoms with Crippen molar-refractivity contribution in [2.24, 2.45) is 11.7 Å². The number of hydrogen-bond acceptors (Lipinski definition) is 4. The van der Waals surface area contributed by atoms with Gasteiger partial charge >= 0.3 is 0 Å². The molecule has 1 amide bonds. The first-order valence-electron chi connectivity index (χ1n) is 13.3. The van der Waals surface area contributed by atoms with E-state index in [1.165, 1.54) is 41.1 Å². The van der Waals surface area contributed by atoms with Gasteiger partial charge in [0.05, 0.1) is 23.0 Å². The van der Waals surface area contributed by atoms with E-state index < -0.39 is 11.6 Å². The summed E-state index contributed by atoms with van der Waals surface area (Å²) in [6.45, 7) is 8.61. The highest BCUT2D eigenvalue weighted by molar-refractivity contribution is 6.01. The van der Waals surface area contributed by atoms with Crippen molar-refractivity contribution in [1.29, 1.82) is 0 Å². The molecule has 7 heteroatoms. The van der Waals surface area contributed by atoms with Gasteiger partial charge in [0.25, 0.3) is 5.91 Å². The largest absolute Gasteiger partial charge is 0.368 e. The van der Waals surface area contributed by atoms with Crippen molar-refractivity contribution in [3.05, 3.63) is 81.4 Å². The Balaban J connectivity index is 1.41. The molecule has 190 valence electrons. The summed E-state index contributed by atoms with van der Waals surface area (Å²) in [6, 6.07) is 3.37. The van der Waals surface area contributed by atoms with Crippen LogP contribution in [0.1, 0.15) is 57.4 Å². The van der Waals surface area contributed by atoms with Crippen LogP contribution in [0, 0.1) is 17.6 Å². The fourth-order valence-corrected chi connectivity index (χ4v) is 6.43. The lowest BCUT2D eigenvalue weighted by Crippen LogP contribution is -2.50. The van der Waals surface area contributed by atoms with Crippen LogP contribution in [-0.4, -0.2) is 40.9 Å². The lowest BCUT2D eigenvalue weighted by Gasteiger charge is -2.49. The maximum atomic E-state index is 14.2. The number of nitrogens with two attached hydrogens (primary N) is 1. The Morgan fingerprint density at radius 1 is 1.22 bits per heavy atom. The monoisotopic (exact) mass is 492 g/mol. The first kappa shape index (κ1) is 23.5. The number of rotatable bonds is 6. The molecule has 2 saturated heterocycles. The van der Waals surface area contributed by atoms with Crippen LogP contribution in [0.5, 0.6) is 0 Å². The quantitative estimate of drug-likeness (QED) is 0.608. The third kappa shape index (κ3) is 3.71. The predicted molar refractivity (Wildman–Crippen MR) is 135 cm³/mol. The van der Waals surface area contributed by atoms with E-state index in [4.69, 9.17) is 5.73 Å². The Hall–Kier alpha value is -2.93. The summed E-state index contributed by atoms with van der Waals surface area (Å²) in [5.74, 6) is -1.21. The zero-order chi connectivity index (χ0) is 25.1. The van der Waals surface area contributed by atoms with E-state index in [9.17, 15) is 13.6 Å². The minimum absolute atomic E-state index is 0.0252. The molecule has 0 bridgehead atoms. The molecule has 36 heavy (non-hydrogen) atoms. The Labute approximate surface area is 211 Å². The van der Waals surface area contributed by atoms with Gasteiger partial charge in [-0.05, 0) is 67.2 Å². The van der Waals surface area contributed by atoms with Crippen molar-refractivity contribution in [3.8, 4) is 0 Å². The van der Waals surface area contributed by atoms with Gasteiger partial charge in [0, 0.05) is 43.0 Å². The van der Waals surface area contributed by atoms with Gasteiger partial charge in [-0.3, -0.25) is 4.79 Å². The van der Waals surface area contributed by atoms with Gasteiger partial charge in [-0.15, -0.1) is 0 Å². The summed E-state index contributed by atoms with van der Waals surface area (Å²) in [5, 5.41) is 2.88. The second kappa shape index (κ2) is 8.87. The maximum Gasteiger partial charge on any atom is 0.253 e. The lowest BCUT2D eigenvalue weighted by atomic mass is 9.72. The molecule has 5 aliphatic rings. The zero-order valence-electron chi connectivity index (χ0n) is 20.9. The standard InChI is InChI=1S/C29H34F2N4O/c1-3-11-34-15-21-13-23(32)27-25(29(36)33-14-19-9-10-20(30)12-22(19)31)16(2)24(17-5-4-6-17)28(35(21)27)26(34)18-7-8-18/h9-10,12,17,21,23H,2-8,11,13-15,32H2,1H3,(H,33,36). The van der Waals surface area contributed by atoms with Crippen LogP contribution < -0.4 is 11.1 Å². The van der Waals surface area contributed by atoms with Crippen LogP contribution in [0.2, 0.25) is 0 Å². The van der Waals surface area contributed by atoms with Gasteiger partial charge < -0.3 is 20.9 Å². The number of nitrogens with zero attached hydrogens (tertiary/aromatic N) is 2. The number of hydrogen-bond donors (Lipinski definition) is 2. The van der Waals surface area contributed by atoms with E-state index >= 15 is 0 Å². The predicted octanol–water partition coefficient (Wildman–Crippen LogP) is 4.63. The molecule has 0 spiro atoms.